The first-order valence-electron chi connectivity index (χ1n) is 5.13. The molecule has 0 unspecified atom stereocenters. The van der Waals surface area contributed by atoms with Crippen LogP contribution in [-0.2, 0) is 0 Å². The third-order valence-electron chi connectivity index (χ3n) is 2.31. The van der Waals surface area contributed by atoms with Crippen LogP contribution in [0.3, 0.4) is 0 Å². The van der Waals surface area contributed by atoms with Crippen molar-refractivity contribution in [1.29, 1.82) is 0 Å². The largest absolute Gasteiger partial charge is 0.493 e. The molecular formula is C13H14OS. The second kappa shape index (κ2) is 5.08. The van der Waals surface area contributed by atoms with Crippen LogP contribution in [0.25, 0.3) is 10.8 Å². The highest BCUT2D eigenvalue weighted by molar-refractivity contribution is 7.80. The lowest BCUT2D eigenvalue weighted by atomic mass is 10.1. The summed E-state index contributed by atoms with van der Waals surface area (Å²) in [4.78, 5) is 0. The van der Waals surface area contributed by atoms with E-state index in [1.54, 1.807) is 0 Å². The molecule has 0 spiro atoms. The van der Waals surface area contributed by atoms with Gasteiger partial charge in [-0.3, -0.25) is 0 Å². The van der Waals surface area contributed by atoms with Crippen LogP contribution in [0, 0.1) is 0 Å². The van der Waals surface area contributed by atoms with E-state index in [2.05, 4.69) is 30.8 Å². The van der Waals surface area contributed by atoms with Gasteiger partial charge < -0.3 is 4.74 Å². The molecule has 0 radical (unpaired) electrons. The predicted molar refractivity (Wildman–Crippen MR) is 67.9 cm³/mol. The summed E-state index contributed by atoms with van der Waals surface area (Å²) in [6.07, 6.45) is 0.979. The summed E-state index contributed by atoms with van der Waals surface area (Å²) in [5.74, 6) is 1.83. The van der Waals surface area contributed by atoms with E-state index in [1.807, 2.05) is 24.3 Å². The van der Waals surface area contributed by atoms with E-state index < -0.39 is 0 Å². The highest BCUT2D eigenvalue weighted by Gasteiger charge is 1.99. The minimum absolute atomic E-state index is 0.734. The van der Waals surface area contributed by atoms with Gasteiger partial charge in [-0.1, -0.05) is 36.4 Å². The van der Waals surface area contributed by atoms with Crippen molar-refractivity contribution in [3.63, 3.8) is 0 Å². The lowest BCUT2D eigenvalue weighted by Crippen LogP contribution is -1.98. The maximum absolute atomic E-state index is 5.71. The van der Waals surface area contributed by atoms with Crippen LogP contribution in [-0.4, -0.2) is 12.4 Å². The normalized spacial score (nSPS) is 10.5. The summed E-state index contributed by atoms with van der Waals surface area (Å²) in [6, 6.07) is 14.4. The molecule has 1 nitrogen and oxygen atoms in total. The molecule has 15 heavy (non-hydrogen) atoms. The third-order valence-corrected chi connectivity index (χ3v) is 2.63. The van der Waals surface area contributed by atoms with Crippen molar-refractivity contribution in [3.8, 4) is 5.75 Å². The standard InChI is InChI=1S/C13H14OS/c15-10-4-9-14-13-8-3-6-11-5-1-2-7-12(11)13/h1-3,5-8,15H,4,9-10H2. The Kier molecular flexibility index (Phi) is 3.51. The zero-order valence-corrected chi connectivity index (χ0v) is 9.41. The average molecular weight is 218 g/mol. The first-order chi connectivity index (χ1) is 7.42. The Labute approximate surface area is 95.5 Å². The molecule has 0 amide bonds. The Morgan fingerprint density at radius 1 is 1.00 bits per heavy atom. The van der Waals surface area contributed by atoms with E-state index in [9.17, 15) is 0 Å². The number of ether oxygens (including phenoxy) is 1. The van der Waals surface area contributed by atoms with Crippen molar-refractivity contribution in [1.82, 2.24) is 0 Å². The topological polar surface area (TPSA) is 9.23 Å². The number of benzene rings is 2. The fraction of sp³-hybridized carbons (Fsp3) is 0.231. The van der Waals surface area contributed by atoms with Crippen LogP contribution in [0.5, 0.6) is 5.75 Å². The van der Waals surface area contributed by atoms with Crippen molar-refractivity contribution in [3.05, 3.63) is 42.5 Å². The summed E-state index contributed by atoms with van der Waals surface area (Å²) in [5.41, 5.74) is 0. The number of rotatable bonds is 4. The lowest BCUT2D eigenvalue weighted by Gasteiger charge is -2.08. The van der Waals surface area contributed by atoms with Crippen LogP contribution < -0.4 is 4.74 Å². The van der Waals surface area contributed by atoms with E-state index in [0.717, 1.165) is 24.5 Å². The van der Waals surface area contributed by atoms with Gasteiger partial charge in [0.25, 0.3) is 0 Å². The predicted octanol–water partition coefficient (Wildman–Crippen LogP) is 3.54. The maximum atomic E-state index is 5.71. The number of hydrogen-bond donors (Lipinski definition) is 1. The Morgan fingerprint density at radius 3 is 2.67 bits per heavy atom. The van der Waals surface area contributed by atoms with Gasteiger partial charge in [0, 0.05) is 5.39 Å². The van der Waals surface area contributed by atoms with E-state index in [1.165, 1.54) is 10.8 Å². The molecule has 0 saturated carbocycles. The first-order valence-corrected chi connectivity index (χ1v) is 5.76. The van der Waals surface area contributed by atoms with E-state index in [4.69, 9.17) is 4.74 Å². The highest BCUT2D eigenvalue weighted by atomic mass is 32.1. The van der Waals surface area contributed by atoms with Gasteiger partial charge in [-0.25, -0.2) is 0 Å². The Bertz CT molecular complexity index is 434. The van der Waals surface area contributed by atoms with Gasteiger partial charge in [0.15, 0.2) is 0 Å². The van der Waals surface area contributed by atoms with Gasteiger partial charge in [-0.2, -0.15) is 12.6 Å². The molecule has 0 atom stereocenters. The molecule has 2 heteroatoms. The van der Waals surface area contributed by atoms with Crippen molar-refractivity contribution < 1.29 is 4.74 Å². The molecular weight excluding hydrogens is 204 g/mol. The molecule has 0 aliphatic heterocycles. The minimum Gasteiger partial charge on any atom is -0.493 e. The van der Waals surface area contributed by atoms with Gasteiger partial charge in [-0.05, 0) is 23.6 Å². The molecule has 78 valence electrons. The smallest absolute Gasteiger partial charge is 0.127 e. The van der Waals surface area contributed by atoms with E-state index in [-0.39, 0.29) is 0 Å². The summed E-state index contributed by atoms with van der Waals surface area (Å²) < 4.78 is 5.71. The molecule has 2 aromatic carbocycles. The molecule has 0 aromatic heterocycles. The van der Waals surface area contributed by atoms with Gasteiger partial charge in [0.2, 0.25) is 0 Å². The third kappa shape index (κ3) is 2.45. The molecule has 0 aliphatic rings. The van der Waals surface area contributed by atoms with Gasteiger partial charge in [0.1, 0.15) is 5.75 Å². The summed E-state index contributed by atoms with van der Waals surface area (Å²) >= 11 is 4.16. The van der Waals surface area contributed by atoms with Crippen LogP contribution in [0.15, 0.2) is 42.5 Å². The molecule has 0 N–H and O–H groups in total. The second-order valence-electron chi connectivity index (χ2n) is 3.40. The summed E-state index contributed by atoms with van der Waals surface area (Å²) in [6.45, 7) is 0.734. The van der Waals surface area contributed by atoms with Gasteiger partial charge in [0.05, 0.1) is 6.61 Å². The fourth-order valence-electron chi connectivity index (χ4n) is 1.57. The van der Waals surface area contributed by atoms with Crippen molar-refractivity contribution in [2.45, 2.75) is 6.42 Å². The van der Waals surface area contributed by atoms with Crippen molar-refractivity contribution >= 4 is 23.4 Å². The fourth-order valence-corrected chi connectivity index (χ4v) is 1.70. The SMILES string of the molecule is SCCCOc1cccc2ccccc12. The summed E-state index contributed by atoms with van der Waals surface area (Å²) in [7, 11) is 0. The Balaban J connectivity index is 2.26. The van der Waals surface area contributed by atoms with E-state index in [0.29, 0.717) is 0 Å². The van der Waals surface area contributed by atoms with Crippen molar-refractivity contribution in [2.75, 3.05) is 12.4 Å². The monoisotopic (exact) mass is 218 g/mol. The average Bonchev–Trinajstić information content (AvgIpc) is 2.30. The molecule has 2 aromatic rings. The molecule has 0 heterocycles. The van der Waals surface area contributed by atoms with Crippen molar-refractivity contribution in [2.24, 2.45) is 0 Å². The maximum Gasteiger partial charge on any atom is 0.127 e. The Hall–Kier alpha value is -1.15. The second-order valence-corrected chi connectivity index (χ2v) is 3.85. The van der Waals surface area contributed by atoms with E-state index >= 15 is 0 Å². The van der Waals surface area contributed by atoms with Gasteiger partial charge in [-0.15, -0.1) is 0 Å². The lowest BCUT2D eigenvalue weighted by molar-refractivity contribution is 0.322. The molecule has 0 saturated heterocycles. The quantitative estimate of drug-likeness (QED) is 0.610. The number of hydrogen-bond acceptors (Lipinski definition) is 2. The van der Waals surface area contributed by atoms with Gasteiger partial charge >= 0.3 is 0 Å². The Morgan fingerprint density at radius 2 is 1.80 bits per heavy atom. The molecule has 0 aliphatic carbocycles. The zero-order valence-electron chi connectivity index (χ0n) is 8.52. The molecule has 0 bridgehead atoms. The minimum atomic E-state index is 0.734. The first kappa shape index (κ1) is 10.4. The number of fused-ring (bicyclic) bond motifs is 1. The van der Waals surface area contributed by atoms with Crippen LogP contribution >= 0.6 is 12.6 Å². The van der Waals surface area contributed by atoms with Crippen LogP contribution in [0.4, 0.5) is 0 Å². The van der Waals surface area contributed by atoms with Crippen LogP contribution in [0.1, 0.15) is 6.42 Å². The molecule has 0 fully saturated rings. The summed E-state index contributed by atoms with van der Waals surface area (Å²) in [5, 5.41) is 2.40. The zero-order chi connectivity index (χ0) is 10.5. The highest BCUT2D eigenvalue weighted by Crippen LogP contribution is 2.25. The molecule has 2 rings (SSSR count). The van der Waals surface area contributed by atoms with Crippen LogP contribution in [0.2, 0.25) is 0 Å². The number of thiol groups is 1.